The van der Waals surface area contributed by atoms with E-state index in [1.165, 1.54) is 0 Å². The largest absolute Gasteiger partial charge is 0.478 e. The standard InChI is InChI=1S/C13H12N2O.C7H5NO2/c14-12-6-2-4-10(8-12)9-3-1-5-11(7-9)13(15)16;9-7(10)4-1-2-5-6(3-4)8-5/h1-8H,14H2,(H2,15,16);1-3,8H,(H,9,10). The zero-order valence-corrected chi connectivity index (χ0v) is 13.8. The first-order chi connectivity index (χ1) is 12.4. The zero-order chi connectivity index (χ0) is 18.7. The highest BCUT2D eigenvalue weighted by molar-refractivity contribution is 5.97. The predicted molar refractivity (Wildman–Crippen MR) is 101 cm³/mol. The molecule has 6 nitrogen and oxygen atoms in total. The van der Waals surface area contributed by atoms with Gasteiger partial charge in [-0.2, -0.15) is 0 Å². The number of hydrogen-bond acceptors (Lipinski definition) is 4. The van der Waals surface area contributed by atoms with E-state index in [0.29, 0.717) is 16.8 Å². The molecule has 1 aliphatic rings. The number of rotatable bonds is 3. The molecule has 4 rings (SSSR count). The molecule has 0 bridgehead atoms. The van der Waals surface area contributed by atoms with Gasteiger partial charge < -0.3 is 21.9 Å². The molecule has 6 heteroatoms. The maximum Gasteiger partial charge on any atom is 0.335 e. The molecule has 0 spiro atoms. The summed E-state index contributed by atoms with van der Waals surface area (Å²) in [5.74, 6) is -1.30. The Morgan fingerprint density at radius 3 is 2.12 bits per heavy atom. The van der Waals surface area contributed by atoms with Gasteiger partial charge in [-0.15, -0.1) is 0 Å². The van der Waals surface area contributed by atoms with Gasteiger partial charge in [0.1, 0.15) is 0 Å². The lowest BCUT2D eigenvalue weighted by Gasteiger charge is -2.04. The van der Waals surface area contributed by atoms with Crippen molar-refractivity contribution in [3.8, 4) is 11.1 Å². The minimum absolute atomic E-state index is 0.337. The summed E-state index contributed by atoms with van der Waals surface area (Å²) >= 11 is 0. The molecule has 0 atom stereocenters. The molecule has 130 valence electrons. The number of carbonyl (C=O) groups excluding carboxylic acids is 1. The van der Waals surface area contributed by atoms with Crippen LogP contribution in [0.5, 0.6) is 0 Å². The number of fused-ring (bicyclic) bond motifs is 1. The van der Waals surface area contributed by atoms with E-state index in [-0.39, 0.29) is 0 Å². The molecule has 26 heavy (non-hydrogen) atoms. The Balaban J connectivity index is 0.000000167. The monoisotopic (exact) mass is 347 g/mol. The van der Waals surface area contributed by atoms with Gasteiger partial charge in [0, 0.05) is 11.3 Å². The molecule has 3 aromatic carbocycles. The van der Waals surface area contributed by atoms with Crippen molar-refractivity contribution in [3.63, 3.8) is 0 Å². The number of primary amides is 1. The molecule has 0 saturated heterocycles. The number of carboxylic acid groups (broad SMARTS) is 1. The average Bonchev–Trinajstić information content (AvgIpc) is 3.41. The Hall–Kier alpha value is -3.80. The minimum Gasteiger partial charge on any atom is -0.478 e. The van der Waals surface area contributed by atoms with E-state index in [1.54, 1.807) is 36.4 Å². The van der Waals surface area contributed by atoms with Gasteiger partial charge in [-0.1, -0.05) is 24.3 Å². The topological polar surface area (TPSA) is 128 Å². The molecule has 0 saturated carbocycles. The SMILES string of the molecule is NC(=O)c1cccc(-c2cccc(N)c2)c1.O=C(O)c1ccc2c(c1)N2. The van der Waals surface area contributed by atoms with Crippen molar-refractivity contribution in [2.75, 3.05) is 11.1 Å². The van der Waals surface area contributed by atoms with Crippen LogP contribution in [0, 0.1) is 0 Å². The molecule has 1 aliphatic heterocycles. The van der Waals surface area contributed by atoms with Crippen LogP contribution in [0.4, 0.5) is 17.1 Å². The van der Waals surface area contributed by atoms with Crippen molar-refractivity contribution < 1.29 is 14.7 Å². The molecule has 3 aromatic rings. The smallest absolute Gasteiger partial charge is 0.335 e. The van der Waals surface area contributed by atoms with Gasteiger partial charge in [0.15, 0.2) is 0 Å². The van der Waals surface area contributed by atoms with E-state index in [1.807, 2.05) is 30.3 Å². The molecular formula is C20H17N3O3. The summed E-state index contributed by atoms with van der Waals surface area (Å²) in [6.07, 6.45) is 0. The van der Waals surface area contributed by atoms with E-state index in [2.05, 4.69) is 5.32 Å². The van der Waals surface area contributed by atoms with Gasteiger partial charge in [-0.25, -0.2) is 4.79 Å². The Labute approximate surface area is 150 Å². The van der Waals surface area contributed by atoms with E-state index in [0.717, 1.165) is 22.5 Å². The number of carbonyl (C=O) groups is 2. The van der Waals surface area contributed by atoms with Crippen LogP contribution in [0.15, 0.2) is 66.7 Å². The highest BCUT2D eigenvalue weighted by Gasteiger charge is 2.16. The van der Waals surface area contributed by atoms with Gasteiger partial charge in [0.05, 0.1) is 16.9 Å². The maximum absolute atomic E-state index is 11.0. The number of nitrogen functional groups attached to an aromatic ring is 1. The highest BCUT2D eigenvalue weighted by atomic mass is 16.4. The third-order valence-electron chi connectivity index (χ3n) is 3.84. The van der Waals surface area contributed by atoms with Crippen LogP contribution in [-0.2, 0) is 0 Å². The molecule has 6 N–H and O–H groups in total. The van der Waals surface area contributed by atoms with Crippen molar-refractivity contribution in [3.05, 3.63) is 77.9 Å². The quantitative estimate of drug-likeness (QED) is 0.333. The number of nitrogens with one attached hydrogen (secondary N) is 1. The normalized spacial score (nSPS) is 10.6. The molecular weight excluding hydrogens is 330 g/mol. The summed E-state index contributed by atoms with van der Waals surface area (Å²) in [5.41, 5.74) is 16.3. The minimum atomic E-state index is -0.878. The fourth-order valence-corrected chi connectivity index (χ4v) is 2.44. The van der Waals surface area contributed by atoms with Crippen LogP contribution in [0.1, 0.15) is 20.7 Å². The fraction of sp³-hybridized carbons (Fsp3) is 0. The Kier molecular flexibility index (Phi) is 4.57. The number of hydrogen-bond donors (Lipinski definition) is 4. The lowest BCUT2D eigenvalue weighted by atomic mass is 10.0. The van der Waals surface area contributed by atoms with Crippen LogP contribution in [-0.4, -0.2) is 17.0 Å². The van der Waals surface area contributed by atoms with Crippen molar-refractivity contribution in [2.45, 2.75) is 0 Å². The highest BCUT2D eigenvalue weighted by Crippen LogP contribution is 2.38. The lowest BCUT2D eigenvalue weighted by molar-refractivity contribution is 0.0696. The number of aromatic carboxylic acids is 1. The van der Waals surface area contributed by atoms with Gasteiger partial charge in [-0.3, -0.25) is 4.79 Å². The van der Waals surface area contributed by atoms with Crippen LogP contribution in [0.3, 0.4) is 0 Å². The summed E-state index contributed by atoms with van der Waals surface area (Å²) in [4.78, 5) is 21.4. The van der Waals surface area contributed by atoms with Gasteiger partial charge in [0.25, 0.3) is 0 Å². The van der Waals surface area contributed by atoms with E-state index in [9.17, 15) is 9.59 Å². The van der Waals surface area contributed by atoms with Crippen LogP contribution < -0.4 is 16.8 Å². The summed E-state index contributed by atoms with van der Waals surface area (Å²) in [6, 6.07) is 19.6. The summed E-state index contributed by atoms with van der Waals surface area (Å²) < 4.78 is 0. The second-order valence-corrected chi connectivity index (χ2v) is 5.76. The Morgan fingerprint density at radius 2 is 1.50 bits per heavy atom. The maximum atomic E-state index is 11.0. The molecule has 1 heterocycles. The van der Waals surface area contributed by atoms with Crippen molar-refractivity contribution >= 4 is 28.9 Å². The van der Waals surface area contributed by atoms with Crippen LogP contribution >= 0.6 is 0 Å². The number of anilines is 3. The summed E-state index contributed by atoms with van der Waals surface area (Å²) in [7, 11) is 0. The Morgan fingerprint density at radius 1 is 0.808 bits per heavy atom. The zero-order valence-electron chi connectivity index (χ0n) is 13.8. The molecule has 0 fully saturated rings. The molecule has 0 radical (unpaired) electrons. The number of amides is 1. The predicted octanol–water partition coefficient (Wildman–Crippen LogP) is 3.48. The van der Waals surface area contributed by atoms with Gasteiger partial charge >= 0.3 is 5.97 Å². The summed E-state index contributed by atoms with van der Waals surface area (Å²) in [6.45, 7) is 0. The molecule has 1 amide bonds. The van der Waals surface area contributed by atoms with Crippen LogP contribution in [0.25, 0.3) is 11.1 Å². The third kappa shape index (κ3) is 3.99. The second kappa shape index (κ2) is 6.98. The van der Waals surface area contributed by atoms with Crippen LogP contribution in [0.2, 0.25) is 0 Å². The average molecular weight is 347 g/mol. The third-order valence-corrected chi connectivity index (χ3v) is 3.84. The fourth-order valence-electron chi connectivity index (χ4n) is 2.44. The number of benzene rings is 3. The number of nitrogens with two attached hydrogens (primary N) is 2. The second-order valence-electron chi connectivity index (χ2n) is 5.76. The van der Waals surface area contributed by atoms with Gasteiger partial charge in [0.2, 0.25) is 5.91 Å². The van der Waals surface area contributed by atoms with Crippen molar-refractivity contribution in [2.24, 2.45) is 5.73 Å². The molecule has 0 aromatic heterocycles. The first-order valence-corrected chi connectivity index (χ1v) is 7.84. The first-order valence-electron chi connectivity index (χ1n) is 7.84. The van der Waals surface area contributed by atoms with E-state index in [4.69, 9.17) is 16.6 Å². The summed E-state index contributed by atoms with van der Waals surface area (Å²) in [5, 5.41) is 11.4. The number of carboxylic acids is 1. The first kappa shape index (κ1) is 17.0. The van der Waals surface area contributed by atoms with E-state index >= 15 is 0 Å². The molecule has 0 unspecified atom stereocenters. The Bertz CT molecular complexity index is 999. The van der Waals surface area contributed by atoms with Gasteiger partial charge in [-0.05, 0) is 53.6 Å². The van der Waals surface area contributed by atoms with Crippen molar-refractivity contribution in [1.29, 1.82) is 0 Å². The lowest BCUT2D eigenvalue weighted by Crippen LogP contribution is -2.10. The van der Waals surface area contributed by atoms with E-state index < -0.39 is 11.9 Å². The molecule has 0 aliphatic carbocycles. The van der Waals surface area contributed by atoms with Crippen molar-refractivity contribution in [1.82, 2.24) is 0 Å².